The number of quaternary nitrogens is 1. The van der Waals surface area contributed by atoms with Gasteiger partial charge in [0.25, 0.3) is 0 Å². The van der Waals surface area contributed by atoms with Crippen LogP contribution in [0, 0.1) is 5.21 Å². The molecule has 1 rings (SSSR count). The maximum atomic E-state index is 11.4. The Labute approximate surface area is 66.9 Å². The Morgan fingerprint density at radius 1 is 1.55 bits per heavy atom. The summed E-state index contributed by atoms with van der Waals surface area (Å²) in [7, 11) is 1.54. The van der Waals surface area contributed by atoms with E-state index in [-0.39, 0.29) is 17.3 Å². The summed E-state index contributed by atoms with van der Waals surface area (Å²) in [5.41, 5.74) is 0. The molecule has 3 atom stereocenters. The largest absolute Gasteiger partial charge is 0.633 e. The highest BCUT2D eigenvalue weighted by Gasteiger charge is 2.28. The Morgan fingerprint density at radius 2 is 2.18 bits per heavy atom. The Balaban J connectivity index is 2.51. The zero-order valence-corrected chi connectivity index (χ0v) is 7.08. The van der Waals surface area contributed by atoms with Crippen molar-refractivity contribution in [3.8, 4) is 0 Å². The predicted molar refractivity (Wildman–Crippen MR) is 41.0 cm³/mol. The van der Waals surface area contributed by atoms with Crippen molar-refractivity contribution in [2.24, 2.45) is 0 Å². The molecular formula is C7H16N2O2. The third-order valence-electron chi connectivity index (χ3n) is 2.38. The minimum absolute atomic E-state index is 0.128. The van der Waals surface area contributed by atoms with Crippen molar-refractivity contribution in [3.05, 3.63) is 5.21 Å². The normalized spacial score (nSPS) is 39.5. The maximum Gasteiger partial charge on any atom is 0.165 e. The second-order valence-corrected chi connectivity index (χ2v) is 3.32. The van der Waals surface area contributed by atoms with Crippen LogP contribution >= 0.6 is 0 Å². The van der Waals surface area contributed by atoms with Crippen molar-refractivity contribution in [1.82, 2.24) is 5.06 Å². The highest BCUT2D eigenvalue weighted by Crippen LogP contribution is 2.08. The molecular weight excluding hydrogens is 144 g/mol. The van der Waals surface area contributed by atoms with Gasteiger partial charge in [-0.05, 0) is 19.8 Å². The average molecular weight is 160 g/mol. The number of hydrogen-bond donors (Lipinski definition) is 2. The lowest BCUT2D eigenvalue weighted by Crippen LogP contribution is -3.17. The fourth-order valence-electron chi connectivity index (χ4n) is 1.60. The van der Waals surface area contributed by atoms with Crippen LogP contribution < -0.4 is 5.06 Å². The molecule has 3 unspecified atom stereocenters. The molecule has 0 saturated carbocycles. The van der Waals surface area contributed by atoms with E-state index in [9.17, 15) is 5.21 Å². The first-order chi connectivity index (χ1) is 5.13. The summed E-state index contributed by atoms with van der Waals surface area (Å²) >= 11 is 0. The molecule has 1 aliphatic heterocycles. The number of rotatable bonds is 1. The fourth-order valence-corrected chi connectivity index (χ4v) is 1.60. The van der Waals surface area contributed by atoms with Gasteiger partial charge in [-0.3, -0.25) is 0 Å². The maximum absolute atomic E-state index is 11.4. The molecule has 2 N–H and O–H groups in total. The summed E-state index contributed by atoms with van der Waals surface area (Å²) in [6.07, 6.45) is 2.57. The number of nitrogens with one attached hydrogen (secondary N) is 1. The third kappa shape index (κ3) is 1.90. The molecule has 4 heteroatoms. The number of nitrogens with zero attached hydrogens (tertiary/aromatic N) is 1. The Bertz CT molecular complexity index is 130. The predicted octanol–water partition coefficient (Wildman–Crippen LogP) is -0.411. The number of hydrogen-bond acceptors (Lipinski definition) is 3. The summed E-state index contributed by atoms with van der Waals surface area (Å²) < 4.78 is 0. The van der Waals surface area contributed by atoms with E-state index in [0.717, 1.165) is 24.3 Å². The molecule has 0 spiro atoms. The van der Waals surface area contributed by atoms with Gasteiger partial charge in [-0.25, -0.2) is 0 Å². The quantitative estimate of drug-likeness (QED) is 0.405. The van der Waals surface area contributed by atoms with Crippen LogP contribution in [0.3, 0.4) is 0 Å². The van der Waals surface area contributed by atoms with Gasteiger partial charge in [-0.15, -0.1) is 5.06 Å². The SMILES string of the molecule is CC1CCCC(N(C)O)[NH+]1[O-]. The fraction of sp³-hybridized carbons (Fsp3) is 1.00. The van der Waals surface area contributed by atoms with E-state index >= 15 is 0 Å². The van der Waals surface area contributed by atoms with E-state index in [1.165, 1.54) is 0 Å². The summed E-state index contributed by atoms with van der Waals surface area (Å²) in [4.78, 5) is 0. The van der Waals surface area contributed by atoms with Gasteiger partial charge >= 0.3 is 0 Å². The highest BCUT2D eigenvalue weighted by molar-refractivity contribution is 4.62. The van der Waals surface area contributed by atoms with Gasteiger partial charge in [0, 0.05) is 13.5 Å². The Hall–Kier alpha value is -0.160. The van der Waals surface area contributed by atoms with Gasteiger partial charge in [0.2, 0.25) is 0 Å². The molecule has 4 nitrogen and oxygen atoms in total. The van der Waals surface area contributed by atoms with Crippen molar-refractivity contribution in [3.63, 3.8) is 0 Å². The van der Waals surface area contributed by atoms with Crippen molar-refractivity contribution in [1.29, 1.82) is 0 Å². The molecule has 0 radical (unpaired) electrons. The molecule has 0 aromatic heterocycles. The third-order valence-corrected chi connectivity index (χ3v) is 2.38. The molecule has 11 heavy (non-hydrogen) atoms. The van der Waals surface area contributed by atoms with Crippen LogP contribution in [0.1, 0.15) is 26.2 Å². The minimum atomic E-state index is -0.251. The summed E-state index contributed by atoms with van der Waals surface area (Å²) in [5.74, 6) is 0. The van der Waals surface area contributed by atoms with Gasteiger partial charge in [0.05, 0.1) is 6.04 Å². The van der Waals surface area contributed by atoms with E-state index in [1.54, 1.807) is 7.05 Å². The Kier molecular flexibility index (Phi) is 2.84. The minimum Gasteiger partial charge on any atom is -0.633 e. The van der Waals surface area contributed by atoms with Gasteiger partial charge in [-0.1, -0.05) is 0 Å². The van der Waals surface area contributed by atoms with E-state index in [4.69, 9.17) is 5.21 Å². The lowest BCUT2D eigenvalue weighted by atomic mass is 10.0. The van der Waals surface area contributed by atoms with Crippen LogP contribution in [0.2, 0.25) is 0 Å². The van der Waals surface area contributed by atoms with E-state index in [2.05, 4.69) is 0 Å². The lowest BCUT2D eigenvalue weighted by Gasteiger charge is -2.41. The number of hydroxylamine groups is 4. The first-order valence-corrected chi connectivity index (χ1v) is 4.08. The molecule has 1 saturated heterocycles. The van der Waals surface area contributed by atoms with Crippen molar-refractivity contribution < 1.29 is 10.3 Å². The molecule has 66 valence electrons. The molecule has 0 bridgehead atoms. The monoisotopic (exact) mass is 160 g/mol. The van der Waals surface area contributed by atoms with Gasteiger partial charge in [0.1, 0.15) is 0 Å². The van der Waals surface area contributed by atoms with Crippen LogP contribution in [0.15, 0.2) is 0 Å². The molecule has 0 aromatic rings. The number of piperidine rings is 1. The molecule has 1 heterocycles. The smallest absolute Gasteiger partial charge is 0.165 e. The topological polar surface area (TPSA) is 51.0 Å². The molecule has 0 amide bonds. The first-order valence-electron chi connectivity index (χ1n) is 4.08. The van der Waals surface area contributed by atoms with Crippen LogP contribution in [0.5, 0.6) is 0 Å². The first kappa shape index (κ1) is 8.93. The van der Waals surface area contributed by atoms with Crippen LogP contribution in [0.4, 0.5) is 0 Å². The van der Waals surface area contributed by atoms with E-state index in [0.29, 0.717) is 0 Å². The Morgan fingerprint density at radius 3 is 2.64 bits per heavy atom. The van der Waals surface area contributed by atoms with Gasteiger partial charge in [-0.2, -0.15) is 0 Å². The van der Waals surface area contributed by atoms with Gasteiger partial charge < -0.3 is 15.5 Å². The van der Waals surface area contributed by atoms with Crippen molar-refractivity contribution in [2.75, 3.05) is 7.05 Å². The van der Waals surface area contributed by atoms with Crippen LogP contribution in [-0.2, 0) is 0 Å². The van der Waals surface area contributed by atoms with E-state index < -0.39 is 0 Å². The van der Waals surface area contributed by atoms with Crippen LogP contribution in [-0.4, -0.2) is 29.5 Å². The van der Waals surface area contributed by atoms with E-state index in [1.807, 2.05) is 6.92 Å². The molecule has 1 aliphatic rings. The summed E-state index contributed by atoms with van der Waals surface area (Å²) in [6, 6.07) is 0.128. The zero-order chi connectivity index (χ0) is 8.43. The highest BCUT2D eigenvalue weighted by atomic mass is 16.5. The summed E-state index contributed by atoms with van der Waals surface area (Å²) in [6.45, 7) is 1.93. The second kappa shape index (κ2) is 3.49. The van der Waals surface area contributed by atoms with Gasteiger partial charge in [0.15, 0.2) is 6.17 Å². The van der Waals surface area contributed by atoms with Crippen molar-refractivity contribution in [2.45, 2.75) is 38.4 Å². The summed E-state index contributed by atoms with van der Waals surface area (Å²) in [5, 5.41) is 21.7. The van der Waals surface area contributed by atoms with Crippen molar-refractivity contribution >= 4 is 0 Å². The average Bonchev–Trinajstić information content (AvgIpc) is 1.94. The lowest BCUT2D eigenvalue weighted by molar-refractivity contribution is -0.924. The molecule has 0 aliphatic carbocycles. The zero-order valence-electron chi connectivity index (χ0n) is 7.08. The molecule has 1 fully saturated rings. The van der Waals surface area contributed by atoms with Crippen LogP contribution in [0.25, 0.3) is 0 Å². The standard InChI is InChI=1S/C7H16N2O2/c1-6-4-3-5-7(8(2)10)9(6)11/h6-7,9-10H,3-5H2,1-2H3. The molecule has 0 aromatic carbocycles. The second-order valence-electron chi connectivity index (χ2n) is 3.32.